The van der Waals surface area contributed by atoms with Gasteiger partial charge < -0.3 is 15.8 Å². The molecule has 0 aromatic carbocycles. The van der Waals surface area contributed by atoms with Crippen LogP contribution in [0.25, 0.3) is 0 Å². The molecule has 0 atom stereocenters. The van der Waals surface area contributed by atoms with Gasteiger partial charge in [0.05, 0.1) is 17.7 Å². The summed E-state index contributed by atoms with van der Waals surface area (Å²) in [5, 5.41) is 4.55. The number of thiophene rings is 1. The second-order valence-electron chi connectivity index (χ2n) is 5.69. The van der Waals surface area contributed by atoms with Crippen LogP contribution in [0.5, 0.6) is 0 Å². The summed E-state index contributed by atoms with van der Waals surface area (Å²) in [6, 6.07) is 0. The fourth-order valence-corrected chi connectivity index (χ4v) is 4.78. The van der Waals surface area contributed by atoms with Gasteiger partial charge in [-0.25, -0.2) is 4.79 Å². The predicted octanol–water partition coefficient (Wildman–Crippen LogP) is 3.44. The number of carbonyl (C=O) groups is 1. The molecule has 1 aromatic rings. The molecule has 0 unspecified atom stereocenters. The molecule has 0 saturated heterocycles. The fourth-order valence-electron chi connectivity index (χ4n) is 2.83. The molecule has 6 heteroatoms. The number of hydrogen-bond donors (Lipinski definition) is 2. The largest absolute Gasteiger partial charge is 0.465 e. The minimum atomic E-state index is -0.348. The van der Waals surface area contributed by atoms with Crippen molar-refractivity contribution in [3.05, 3.63) is 4.88 Å². The Balaban J connectivity index is 1.76. The van der Waals surface area contributed by atoms with Gasteiger partial charge in [-0.2, -0.15) is 0 Å². The molecule has 2 saturated carbocycles. The number of esters is 1. The summed E-state index contributed by atoms with van der Waals surface area (Å²) in [5.41, 5.74) is 7.14. The Morgan fingerprint density at radius 1 is 1.55 bits per heavy atom. The van der Waals surface area contributed by atoms with Crippen LogP contribution in [0.4, 0.5) is 10.7 Å². The average Bonchev–Trinajstić information content (AvgIpc) is 3.33. The second-order valence-corrected chi connectivity index (χ2v) is 7.53. The lowest BCUT2D eigenvalue weighted by Gasteiger charge is -2.15. The van der Waals surface area contributed by atoms with E-state index in [2.05, 4.69) is 5.32 Å². The highest BCUT2D eigenvalue weighted by molar-refractivity contribution is 7.99. The van der Waals surface area contributed by atoms with Crippen molar-refractivity contribution in [1.82, 2.24) is 0 Å². The average molecular weight is 312 g/mol. The van der Waals surface area contributed by atoms with Crippen molar-refractivity contribution < 1.29 is 9.53 Å². The summed E-state index contributed by atoms with van der Waals surface area (Å²) in [5.74, 6) is 0.573. The van der Waals surface area contributed by atoms with E-state index in [1.165, 1.54) is 44.1 Å². The van der Waals surface area contributed by atoms with Gasteiger partial charge in [-0.15, -0.1) is 23.1 Å². The fraction of sp³-hybridized carbons (Fsp3) is 0.643. The number of rotatable bonds is 6. The van der Waals surface area contributed by atoms with E-state index in [1.807, 2.05) is 6.26 Å². The van der Waals surface area contributed by atoms with Crippen molar-refractivity contribution in [3.63, 3.8) is 0 Å². The number of nitrogen functional groups attached to an aromatic ring is 1. The van der Waals surface area contributed by atoms with Gasteiger partial charge in [-0.3, -0.25) is 0 Å². The monoisotopic (exact) mass is 312 g/mol. The molecule has 20 heavy (non-hydrogen) atoms. The first-order valence-corrected chi connectivity index (χ1v) is 8.94. The van der Waals surface area contributed by atoms with Crippen molar-refractivity contribution >= 4 is 39.8 Å². The van der Waals surface area contributed by atoms with Crippen molar-refractivity contribution in [2.24, 2.45) is 11.3 Å². The number of thioether (sulfide) groups is 1. The van der Waals surface area contributed by atoms with Crippen LogP contribution >= 0.6 is 23.1 Å². The van der Waals surface area contributed by atoms with Gasteiger partial charge in [0.25, 0.3) is 0 Å². The molecule has 2 aliphatic rings. The molecule has 4 nitrogen and oxygen atoms in total. The van der Waals surface area contributed by atoms with Gasteiger partial charge in [0.15, 0.2) is 0 Å². The number of methoxy groups -OCH3 is 1. The summed E-state index contributed by atoms with van der Waals surface area (Å²) < 4.78 is 4.79. The van der Waals surface area contributed by atoms with Crippen LogP contribution in [0.2, 0.25) is 0 Å². The quantitative estimate of drug-likeness (QED) is 0.622. The molecule has 3 rings (SSSR count). The van der Waals surface area contributed by atoms with E-state index < -0.39 is 0 Å². The summed E-state index contributed by atoms with van der Waals surface area (Å²) in [6.07, 6.45) is 7.43. The van der Waals surface area contributed by atoms with E-state index in [0.29, 0.717) is 16.0 Å². The highest BCUT2D eigenvalue weighted by Gasteiger charge is 2.53. The normalized spacial score (nSPS) is 19.7. The van der Waals surface area contributed by atoms with E-state index in [4.69, 9.17) is 10.5 Å². The van der Waals surface area contributed by atoms with E-state index in [0.717, 1.165) is 22.4 Å². The first-order chi connectivity index (χ1) is 9.61. The van der Waals surface area contributed by atoms with Gasteiger partial charge in [-0.1, -0.05) is 0 Å². The SMILES string of the molecule is COC(=O)c1sc(NCC2(C3CC3)CC2)c(SC)c1N. The lowest BCUT2D eigenvalue weighted by atomic mass is 10.0. The summed E-state index contributed by atoms with van der Waals surface area (Å²) in [7, 11) is 1.39. The zero-order valence-electron chi connectivity index (χ0n) is 11.8. The zero-order valence-corrected chi connectivity index (χ0v) is 13.5. The molecule has 0 amide bonds. The molecule has 3 N–H and O–H groups in total. The van der Waals surface area contributed by atoms with Gasteiger partial charge in [0.1, 0.15) is 9.88 Å². The third kappa shape index (κ3) is 2.39. The summed E-state index contributed by atoms with van der Waals surface area (Å²) in [6.45, 7) is 1.01. The Hall–Kier alpha value is -0.880. The van der Waals surface area contributed by atoms with Crippen molar-refractivity contribution in [3.8, 4) is 0 Å². The molecule has 2 fully saturated rings. The summed E-state index contributed by atoms with van der Waals surface area (Å²) >= 11 is 2.99. The Morgan fingerprint density at radius 3 is 2.75 bits per heavy atom. The van der Waals surface area contributed by atoms with Crippen molar-refractivity contribution in [1.29, 1.82) is 0 Å². The Morgan fingerprint density at radius 2 is 2.25 bits per heavy atom. The topological polar surface area (TPSA) is 64.3 Å². The molecule has 0 spiro atoms. The molecule has 2 aliphatic carbocycles. The molecule has 110 valence electrons. The highest BCUT2D eigenvalue weighted by atomic mass is 32.2. The molecule has 1 heterocycles. The molecule has 0 bridgehead atoms. The Kier molecular flexibility index (Phi) is 3.62. The maximum Gasteiger partial charge on any atom is 0.350 e. The third-order valence-corrected chi connectivity index (χ3v) is 6.52. The zero-order chi connectivity index (χ0) is 14.3. The minimum Gasteiger partial charge on any atom is -0.465 e. The number of anilines is 2. The molecule has 0 radical (unpaired) electrons. The van der Waals surface area contributed by atoms with Gasteiger partial charge in [-0.05, 0) is 43.3 Å². The van der Waals surface area contributed by atoms with E-state index in [9.17, 15) is 4.79 Å². The van der Waals surface area contributed by atoms with Crippen LogP contribution in [-0.2, 0) is 4.74 Å². The van der Waals surface area contributed by atoms with Gasteiger partial charge >= 0.3 is 5.97 Å². The molecule has 0 aliphatic heterocycles. The van der Waals surface area contributed by atoms with Crippen LogP contribution in [-0.4, -0.2) is 25.9 Å². The number of carbonyl (C=O) groups excluding carboxylic acids is 1. The number of ether oxygens (including phenoxy) is 1. The Labute approximate surface area is 127 Å². The van der Waals surface area contributed by atoms with Gasteiger partial charge in [0, 0.05) is 6.54 Å². The van der Waals surface area contributed by atoms with Crippen LogP contribution in [0.1, 0.15) is 35.4 Å². The highest BCUT2D eigenvalue weighted by Crippen LogP contribution is 2.61. The van der Waals surface area contributed by atoms with Crippen molar-refractivity contribution in [2.75, 3.05) is 31.0 Å². The van der Waals surface area contributed by atoms with Crippen molar-refractivity contribution in [2.45, 2.75) is 30.6 Å². The maximum atomic E-state index is 11.7. The number of nitrogens with one attached hydrogen (secondary N) is 1. The van der Waals surface area contributed by atoms with E-state index >= 15 is 0 Å². The lowest BCUT2D eigenvalue weighted by molar-refractivity contribution is 0.0607. The van der Waals surface area contributed by atoms with Crippen LogP contribution in [0.15, 0.2) is 4.90 Å². The first kappa shape index (κ1) is 14.1. The molecular formula is C14H20N2O2S2. The summed E-state index contributed by atoms with van der Waals surface area (Å²) in [4.78, 5) is 13.2. The van der Waals surface area contributed by atoms with Crippen LogP contribution in [0.3, 0.4) is 0 Å². The number of hydrogen-bond acceptors (Lipinski definition) is 6. The molecule has 1 aromatic heterocycles. The minimum absolute atomic E-state index is 0.348. The van der Waals surface area contributed by atoms with Gasteiger partial charge in [0.2, 0.25) is 0 Å². The van der Waals surface area contributed by atoms with E-state index in [-0.39, 0.29) is 5.97 Å². The standard InChI is InChI=1S/C14H20N2O2S2/c1-18-13(17)11-9(15)10(19-2)12(20-11)16-7-14(5-6-14)8-3-4-8/h8,16H,3-7,15H2,1-2H3. The maximum absolute atomic E-state index is 11.7. The smallest absolute Gasteiger partial charge is 0.350 e. The van der Waals surface area contributed by atoms with Crippen LogP contribution < -0.4 is 11.1 Å². The number of nitrogens with two attached hydrogens (primary N) is 1. The first-order valence-electron chi connectivity index (χ1n) is 6.90. The van der Waals surface area contributed by atoms with Crippen LogP contribution in [0, 0.1) is 11.3 Å². The predicted molar refractivity (Wildman–Crippen MR) is 84.7 cm³/mol. The lowest BCUT2D eigenvalue weighted by Crippen LogP contribution is -2.17. The second kappa shape index (κ2) is 5.15. The van der Waals surface area contributed by atoms with E-state index in [1.54, 1.807) is 11.8 Å². The third-order valence-electron chi connectivity index (χ3n) is 4.41. The Bertz CT molecular complexity index is 534. The molecular weight excluding hydrogens is 292 g/mol.